The molecular formula is C17H18O3. The van der Waals surface area contributed by atoms with Crippen molar-refractivity contribution in [2.45, 2.75) is 13.3 Å². The molecule has 104 valence electrons. The summed E-state index contributed by atoms with van der Waals surface area (Å²) in [5, 5.41) is 8.98. The van der Waals surface area contributed by atoms with E-state index in [2.05, 4.69) is 24.3 Å². The summed E-state index contributed by atoms with van der Waals surface area (Å²) in [6.07, 6.45) is 0.897. The smallest absolute Gasteiger partial charge is 0.335 e. The monoisotopic (exact) mass is 270 g/mol. The topological polar surface area (TPSA) is 46.5 Å². The van der Waals surface area contributed by atoms with Gasteiger partial charge in [0.15, 0.2) is 0 Å². The summed E-state index contributed by atoms with van der Waals surface area (Å²) in [6, 6.07) is 13.5. The molecule has 0 radical (unpaired) electrons. The number of methoxy groups -OCH3 is 1. The fourth-order valence-electron chi connectivity index (χ4n) is 2.19. The number of aryl methyl sites for hydroxylation is 1. The lowest BCUT2D eigenvalue weighted by molar-refractivity contribution is 0.0697. The summed E-state index contributed by atoms with van der Waals surface area (Å²) in [6.45, 7) is 2.65. The summed E-state index contributed by atoms with van der Waals surface area (Å²) in [7, 11) is 1.70. The second kappa shape index (κ2) is 6.35. The molecule has 1 N–H and O–H groups in total. The van der Waals surface area contributed by atoms with Crippen LogP contribution in [0.2, 0.25) is 0 Å². The first-order valence-corrected chi connectivity index (χ1v) is 6.54. The molecule has 3 nitrogen and oxygen atoms in total. The Hall–Kier alpha value is -2.13. The number of ether oxygens (including phenoxy) is 1. The van der Waals surface area contributed by atoms with E-state index < -0.39 is 5.97 Å². The van der Waals surface area contributed by atoms with Gasteiger partial charge < -0.3 is 9.84 Å². The van der Waals surface area contributed by atoms with Crippen molar-refractivity contribution in [1.29, 1.82) is 0 Å². The fraction of sp³-hybridized carbons (Fsp3) is 0.235. The van der Waals surface area contributed by atoms with Crippen LogP contribution in [0.25, 0.3) is 11.1 Å². The maximum absolute atomic E-state index is 10.9. The van der Waals surface area contributed by atoms with Crippen LogP contribution in [0.1, 0.15) is 21.5 Å². The van der Waals surface area contributed by atoms with Crippen molar-refractivity contribution in [1.82, 2.24) is 0 Å². The van der Waals surface area contributed by atoms with E-state index in [1.54, 1.807) is 19.2 Å². The molecule has 3 heteroatoms. The molecule has 0 aliphatic carbocycles. The Morgan fingerprint density at radius 3 is 2.40 bits per heavy atom. The lowest BCUT2D eigenvalue weighted by Crippen LogP contribution is -1.97. The highest BCUT2D eigenvalue weighted by atomic mass is 16.5. The highest BCUT2D eigenvalue weighted by molar-refractivity contribution is 5.89. The van der Waals surface area contributed by atoms with Crippen LogP contribution in [-0.4, -0.2) is 24.8 Å². The van der Waals surface area contributed by atoms with E-state index in [4.69, 9.17) is 9.84 Å². The molecule has 0 saturated carbocycles. The maximum atomic E-state index is 10.9. The first-order valence-electron chi connectivity index (χ1n) is 6.54. The van der Waals surface area contributed by atoms with Crippen LogP contribution in [0.3, 0.4) is 0 Å². The van der Waals surface area contributed by atoms with Crippen LogP contribution >= 0.6 is 0 Å². The van der Waals surface area contributed by atoms with Gasteiger partial charge in [0.2, 0.25) is 0 Å². The van der Waals surface area contributed by atoms with Crippen LogP contribution < -0.4 is 0 Å². The molecule has 0 spiro atoms. The van der Waals surface area contributed by atoms with E-state index in [1.165, 1.54) is 5.56 Å². The summed E-state index contributed by atoms with van der Waals surface area (Å²) >= 11 is 0. The largest absolute Gasteiger partial charge is 0.478 e. The van der Waals surface area contributed by atoms with E-state index in [1.807, 2.05) is 13.0 Å². The van der Waals surface area contributed by atoms with Gasteiger partial charge >= 0.3 is 5.97 Å². The molecule has 0 amide bonds. The molecule has 0 bridgehead atoms. The molecule has 0 aromatic heterocycles. The van der Waals surface area contributed by atoms with Gasteiger partial charge in [0.25, 0.3) is 0 Å². The van der Waals surface area contributed by atoms with Crippen LogP contribution in [0.5, 0.6) is 0 Å². The molecule has 2 aromatic carbocycles. The maximum Gasteiger partial charge on any atom is 0.335 e. The fourth-order valence-corrected chi connectivity index (χ4v) is 2.19. The predicted molar refractivity (Wildman–Crippen MR) is 79.2 cm³/mol. The van der Waals surface area contributed by atoms with Crippen molar-refractivity contribution in [2.75, 3.05) is 13.7 Å². The average Bonchev–Trinajstić information content (AvgIpc) is 2.45. The van der Waals surface area contributed by atoms with Gasteiger partial charge in [-0.05, 0) is 47.7 Å². The zero-order chi connectivity index (χ0) is 14.5. The van der Waals surface area contributed by atoms with Gasteiger partial charge in [0.05, 0.1) is 12.2 Å². The number of aromatic carboxylic acids is 1. The van der Waals surface area contributed by atoms with E-state index in [0.29, 0.717) is 12.2 Å². The molecule has 0 aliphatic rings. The standard InChI is InChI=1S/C17H18O3/c1-12-11-15(17(18)19)7-8-16(12)14-5-3-13(4-6-14)9-10-20-2/h3-8,11H,9-10H2,1-2H3,(H,18,19). The minimum atomic E-state index is -0.894. The molecule has 2 rings (SSSR count). The molecular weight excluding hydrogens is 252 g/mol. The van der Waals surface area contributed by atoms with Gasteiger partial charge in [0.1, 0.15) is 0 Å². The van der Waals surface area contributed by atoms with E-state index in [-0.39, 0.29) is 0 Å². The van der Waals surface area contributed by atoms with Gasteiger partial charge in [-0.1, -0.05) is 30.3 Å². The number of hydrogen-bond acceptors (Lipinski definition) is 2. The van der Waals surface area contributed by atoms with E-state index in [9.17, 15) is 4.79 Å². The zero-order valence-electron chi connectivity index (χ0n) is 11.7. The van der Waals surface area contributed by atoms with Gasteiger partial charge in [-0.15, -0.1) is 0 Å². The van der Waals surface area contributed by atoms with Gasteiger partial charge in [-0.3, -0.25) is 0 Å². The number of hydrogen-bond donors (Lipinski definition) is 1. The summed E-state index contributed by atoms with van der Waals surface area (Å²) in [5.41, 5.74) is 4.68. The van der Waals surface area contributed by atoms with Crippen molar-refractivity contribution in [3.05, 3.63) is 59.2 Å². The highest BCUT2D eigenvalue weighted by Gasteiger charge is 2.07. The van der Waals surface area contributed by atoms with Crippen LogP contribution in [0, 0.1) is 6.92 Å². The van der Waals surface area contributed by atoms with Crippen LogP contribution in [0.15, 0.2) is 42.5 Å². The van der Waals surface area contributed by atoms with Crippen LogP contribution in [-0.2, 0) is 11.2 Å². The lowest BCUT2D eigenvalue weighted by atomic mass is 9.97. The van der Waals surface area contributed by atoms with Gasteiger partial charge in [-0.2, -0.15) is 0 Å². The first kappa shape index (κ1) is 14.3. The third kappa shape index (κ3) is 3.25. The Labute approximate surface area is 118 Å². The van der Waals surface area contributed by atoms with Crippen molar-refractivity contribution < 1.29 is 14.6 Å². The Kier molecular flexibility index (Phi) is 4.53. The number of carbonyl (C=O) groups is 1. The third-order valence-electron chi connectivity index (χ3n) is 3.33. The average molecular weight is 270 g/mol. The van der Waals surface area contributed by atoms with Crippen LogP contribution in [0.4, 0.5) is 0 Å². The van der Waals surface area contributed by atoms with E-state index >= 15 is 0 Å². The molecule has 0 heterocycles. The number of carboxylic acid groups (broad SMARTS) is 1. The van der Waals surface area contributed by atoms with Gasteiger partial charge in [-0.25, -0.2) is 4.79 Å². The molecule has 0 aliphatic heterocycles. The number of carboxylic acids is 1. The Morgan fingerprint density at radius 2 is 1.85 bits per heavy atom. The Balaban J connectivity index is 2.25. The first-order chi connectivity index (χ1) is 9.61. The van der Waals surface area contributed by atoms with Crippen molar-refractivity contribution in [2.24, 2.45) is 0 Å². The normalized spacial score (nSPS) is 10.5. The predicted octanol–water partition coefficient (Wildman–Crippen LogP) is 3.55. The zero-order valence-corrected chi connectivity index (χ0v) is 11.7. The Bertz CT molecular complexity index is 600. The number of benzene rings is 2. The van der Waals surface area contributed by atoms with Crippen molar-refractivity contribution in [3.63, 3.8) is 0 Å². The summed E-state index contributed by atoms with van der Waals surface area (Å²) < 4.78 is 5.06. The molecule has 2 aromatic rings. The Morgan fingerprint density at radius 1 is 1.15 bits per heavy atom. The molecule has 0 atom stereocenters. The molecule has 0 unspecified atom stereocenters. The molecule has 0 saturated heterocycles. The summed E-state index contributed by atoms with van der Waals surface area (Å²) in [5.74, 6) is -0.894. The van der Waals surface area contributed by atoms with Crippen molar-refractivity contribution in [3.8, 4) is 11.1 Å². The molecule has 0 fully saturated rings. The molecule has 20 heavy (non-hydrogen) atoms. The lowest BCUT2D eigenvalue weighted by Gasteiger charge is -2.08. The second-order valence-electron chi connectivity index (χ2n) is 4.77. The minimum absolute atomic E-state index is 0.322. The third-order valence-corrected chi connectivity index (χ3v) is 3.33. The van der Waals surface area contributed by atoms with Gasteiger partial charge in [0, 0.05) is 7.11 Å². The van der Waals surface area contributed by atoms with E-state index in [0.717, 1.165) is 23.1 Å². The number of rotatable bonds is 5. The van der Waals surface area contributed by atoms with Crippen molar-refractivity contribution >= 4 is 5.97 Å². The summed E-state index contributed by atoms with van der Waals surface area (Å²) in [4.78, 5) is 10.9. The SMILES string of the molecule is COCCc1ccc(-c2ccc(C(=O)O)cc2C)cc1. The quantitative estimate of drug-likeness (QED) is 0.903. The second-order valence-corrected chi connectivity index (χ2v) is 4.77. The minimum Gasteiger partial charge on any atom is -0.478 e. The highest BCUT2D eigenvalue weighted by Crippen LogP contribution is 2.24.